The van der Waals surface area contributed by atoms with E-state index in [0.717, 1.165) is 35.8 Å². The summed E-state index contributed by atoms with van der Waals surface area (Å²) in [6.07, 6.45) is 6.66. The number of thioether (sulfide) groups is 1. The van der Waals surface area contributed by atoms with Crippen molar-refractivity contribution in [3.8, 4) is 0 Å². The Bertz CT molecular complexity index is 740. The van der Waals surface area contributed by atoms with Gasteiger partial charge in [-0.1, -0.05) is 12.1 Å². The molecular formula is C19H20N2O2S2. The molecule has 0 radical (unpaired) electrons. The van der Waals surface area contributed by atoms with Crippen LogP contribution in [0.3, 0.4) is 0 Å². The Kier molecular flexibility index (Phi) is 4.92. The zero-order valence-electron chi connectivity index (χ0n) is 13.8. The summed E-state index contributed by atoms with van der Waals surface area (Å²) >= 11 is 3.59. The van der Waals surface area contributed by atoms with Gasteiger partial charge in [-0.25, -0.2) is 0 Å². The lowest BCUT2D eigenvalue weighted by Crippen LogP contribution is -2.60. The molecule has 4 nitrogen and oxygen atoms in total. The average molecular weight is 373 g/mol. The van der Waals surface area contributed by atoms with E-state index in [2.05, 4.69) is 4.98 Å². The molecule has 6 heteroatoms. The fourth-order valence-corrected chi connectivity index (χ4v) is 5.44. The number of nitrogens with zero attached hydrogens (tertiary/aromatic N) is 2. The highest BCUT2D eigenvalue weighted by atomic mass is 32.2. The molecule has 1 spiro atoms. The predicted octanol–water partition coefficient (Wildman–Crippen LogP) is 3.46. The molecular weight excluding hydrogens is 352 g/mol. The normalized spacial score (nSPS) is 21.8. The molecule has 0 unspecified atom stereocenters. The van der Waals surface area contributed by atoms with Crippen LogP contribution in [0.4, 0.5) is 0 Å². The van der Waals surface area contributed by atoms with Crippen molar-refractivity contribution in [1.82, 2.24) is 9.88 Å². The zero-order chi connectivity index (χ0) is 17.1. The molecule has 2 aliphatic rings. The number of hydrogen-bond acceptors (Lipinski definition) is 5. The molecule has 1 amide bonds. The van der Waals surface area contributed by atoms with Gasteiger partial charge in [-0.3, -0.25) is 9.78 Å². The van der Waals surface area contributed by atoms with E-state index in [1.807, 2.05) is 58.4 Å². The SMILES string of the molecule is O=C(/C=C/c1cccs1)N1CC2(C[C@H](OCc3ccccn3)CS2)C1. The number of amides is 1. The van der Waals surface area contributed by atoms with E-state index < -0.39 is 0 Å². The summed E-state index contributed by atoms with van der Waals surface area (Å²) in [7, 11) is 0. The van der Waals surface area contributed by atoms with Crippen molar-refractivity contribution in [1.29, 1.82) is 0 Å². The van der Waals surface area contributed by atoms with Gasteiger partial charge in [0.2, 0.25) is 5.91 Å². The first-order valence-corrected chi connectivity index (χ1v) is 10.2. The Morgan fingerprint density at radius 2 is 2.28 bits per heavy atom. The minimum Gasteiger partial charge on any atom is -0.371 e. The minimum absolute atomic E-state index is 0.109. The largest absolute Gasteiger partial charge is 0.371 e. The van der Waals surface area contributed by atoms with Crippen molar-refractivity contribution in [2.45, 2.75) is 23.9 Å². The Balaban J connectivity index is 1.23. The van der Waals surface area contributed by atoms with Crippen molar-refractivity contribution in [3.63, 3.8) is 0 Å². The summed E-state index contributed by atoms with van der Waals surface area (Å²) in [6.45, 7) is 2.22. The first kappa shape index (κ1) is 16.8. The van der Waals surface area contributed by atoms with Crippen molar-refractivity contribution >= 4 is 35.1 Å². The molecule has 4 rings (SSSR count). The summed E-state index contributed by atoms with van der Waals surface area (Å²) in [4.78, 5) is 19.6. The summed E-state index contributed by atoms with van der Waals surface area (Å²) < 4.78 is 6.21. The second kappa shape index (κ2) is 7.32. The van der Waals surface area contributed by atoms with Crippen molar-refractivity contribution in [2.75, 3.05) is 18.8 Å². The Morgan fingerprint density at radius 1 is 1.36 bits per heavy atom. The molecule has 0 N–H and O–H groups in total. The van der Waals surface area contributed by atoms with Crippen LogP contribution in [-0.2, 0) is 16.1 Å². The third-order valence-electron chi connectivity index (χ3n) is 4.57. The van der Waals surface area contributed by atoms with Crippen molar-refractivity contribution in [3.05, 3.63) is 58.6 Å². The number of thiophene rings is 1. The van der Waals surface area contributed by atoms with E-state index >= 15 is 0 Å². The fourth-order valence-electron chi connectivity index (χ4n) is 3.27. The molecule has 0 bridgehead atoms. The van der Waals surface area contributed by atoms with E-state index in [1.165, 1.54) is 0 Å². The van der Waals surface area contributed by atoms with E-state index in [0.29, 0.717) is 6.61 Å². The number of likely N-dealkylation sites (tertiary alicyclic amines) is 1. The number of carbonyl (C=O) groups excluding carboxylic acids is 1. The second-order valence-electron chi connectivity index (χ2n) is 6.50. The molecule has 0 aromatic carbocycles. The van der Waals surface area contributed by atoms with Crippen LogP contribution in [0.1, 0.15) is 17.0 Å². The molecule has 25 heavy (non-hydrogen) atoms. The van der Waals surface area contributed by atoms with Gasteiger partial charge in [-0.2, -0.15) is 0 Å². The molecule has 2 aromatic rings. The van der Waals surface area contributed by atoms with Gasteiger partial charge in [0.1, 0.15) is 0 Å². The zero-order valence-corrected chi connectivity index (χ0v) is 15.5. The number of pyridine rings is 1. The van der Waals surface area contributed by atoms with Gasteiger partial charge in [0.15, 0.2) is 0 Å². The average Bonchev–Trinajstić information content (AvgIpc) is 3.27. The van der Waals surface area contributed by atoms with Crippen LogP contribution >= 0.6 is 23.1 Å². The molecule has 2 saturated heterocycles. The highest BCUT2D eigenvalue weighted by molar-refractivity contribution is 8.01. The Hall–Kier alpha value is -1.63. The quantitative estimate of drug-likeness (QED) is 0.754. The van der Waals surface area contributed by atoms with E-state index in [-0.39, 0.29) is 16.8 Å². The lowest BCUT2D eigenvalue weighted by Gasteiger charge is -2.47. The molecule has 130 valence electrons. The second-order valence-corrected chi connectivity index (χ2v) is 8.96. The maximum absolute atomic E-state index is 12.2. The van der Waals surface area contributed by atoms with Crippen LogP contribution in [0.5, 0.6) is 0 Å². The highest BCUT2D eigenvalue weighted by Crippen LogP contribution is 2.46. The summed E-state index contributed by atoms with van der Waals surface area (Å²) in [5.41, 5.74) is 0.970. The minimum atomic E-state index is 0.109. The van der Waals surface area contributed by atoms with Crippen LogP contribution in [0.2, 0.25) is 0 Å². The third-order valence-corrected chi connectivity index (χ3v) is 6.98. The number of carbonyl (C=O) groups is 1. The smallest absolute Gasteiger partial charge is 0.246 e. The van der Waals surface area contributed by atoms with Gasteiger partial charge in [0.25, 0.3) is 0 Å². The lowest BCUT2D eigenvalue weighted by atomic mass is 9.93. The van der Waals surface area contributed by atoms with E-state index in [1.54, 1.807) is 23.6 Å². The Morgan fingerprint density at radius 3 is 3.04 bits per heavy atom. The van der Waals surface area contributed by atoms with E-state index in [9.17, 15) is 4.79 Å². The number of rotatable bonds is 5. The van der Waals surface area contributed by atoms with Crippen LogP contribution in [-0.4, -0.2) is 45.5 Å². The summed E-state index contributed by atoms with van der Waals surface area (Å²) in [6, 6.07) is 9.89. The fraction of sp³-hybridized carbons (Fsp3) is 0.368. The lowest BCUT2D eigenvalue weighted by molar-refractivity contribution is -0.131. The summed E-state index contributed by atoms with van der Waals surface area (Å²) in [5.74, 6) is 1.11. The van der Waals surface area contributed by atoms with E-state index in [4.69, 9.17) is 4.74 Å². The molecule has 2 aromatic heterocycles. The number of ether oxygens (including phenoxy) is 1. The molecule has 4 heterocycles. The first-order valence-electron chi connectivity index (χ1n) is 8.38. The Labute approximate surface area is 155 Å². The molecule has 0 saturated carbocycles. The molecule has 1 atom stereocenters. The van der Waals surface area contributed by atoms with Gasteiger partial charge in [0.05, 0.1) is 23.2 Å². The van der Waals surface area contributed by atoms with Crippen LogP contribution < -0.4 is 0 Å². The van der Waals surface area contributed by atoms with Gasteiger partial charge < -0.3 is 9.64 Å². The maximum atomic E-state index is 12.2. The van der Waals surface area contributed by atoms with Gasteiger partial charge in [0, 0.05) is 36.0 Å². The number of hydrogen-bond donors (Lipinski definition) is 0. The van der Waals surface area contributed by atoms with Gasteiger partial charge in [-0.05, 0) is 36.1 Å². The first-order chi connectivity index (χ1) is 12.2. The standard InChI is InChI=1S/C19H20N2O2S2/c22-18(7-6-17-5-3-9-24-17)21-13-19(14-21)10-16(12-25-19)23-11-15-4-1-2-8-20-15/h1-9,16H,10-14H2/b7-6+/t16-/m0/s1. The van der Waals surface area contributed by atoms with Crippen molar-refractivity contribution < 1.29 is 9.53 Å². The van der Waals surface area contributed by atoms with Gasteiger partial charge in [-0.15, -0.1) is 23.1 Å². The van der Waals surface area contributed by atoms with Crippen LogP contribution in [0.25, 0.3) is 6.08 Å². The molecule has 2 fully saturated rings. The molecule has 0 aliphatic carbocycles. The highest BCUT2D eigenvalue weighted by Gasteiger charge is 2.50. The molecule has 2 aliphatic heterocycles. The van der Waals surface area contributed by atoms with Crippen molar-refractivity contribution in [2.24, 2.45) is 0 Å². The summed E-state index contributed by atoms with van der Waals surface area (Å²) in [5, 5.41) is 2.02. The third kappa shape index (κ3) is 3.97. The monoisotopic (exact) mass is 372 g/mol. The number of aromatic nitrogens is 1. The topological polar surface area (TPSA) is 42.4 Å². The van der Waals surface area contributed by atoms with Gasteiger partial charge >= 0.3 is 0 Å². The van der Waals surface area contributed by atoms with Crippen LogP contribution in [0.15, 0.2) is 48.0 Å². The van der Waals surface area contributed by atoms with Crippen LogP contribution in [0, 0.1) is 0 Å². The predicted molar refractivity (Wildman–Crippen MR) is 103 cm³/mol. The maximum Gasteiger partial charge on any atom is 0.246 e.